The molecule has 0 heterocycles. The summed E-state index contributed by atoms with van der Waals surface area (Å²) in [7, 11) is 0. The maximum atomic E-state index is 13.4. The average molecular weight is 342 g/mol. The third-order valence-electron chi connectivity index (χ3n) is 3.18. The fourth-order valence-corrected chi connectivity index (χ4v) is 2.24. The molecule has 0 radical (unpaired) electrons. The number of carbonyl (C=O) groups excluding carboxylic acids is 2. The topological polar surface area (TPSA) is 67.4 Å². The molecule has 0 fully saturated rings. The maximum absolute atomic E-state index is 13.4. The van der Waals surface area contributed by atoms with E-state index in [4.69, 9.17) is 4.74 Å². The first kappa shape index (κ1) is 20.0. The van der Waals surface area contributed by atoms with Gasteiger partial charge in [0.1, 0.15) is 0 Å². The highest BCUT2D eigenvalue weighted by Gasteiger charge is 2.14. The average Bonchev–Trinajstić information content (AvgIpc) is 2.42. The molecule has 0 aliphatic rings. The smallest absolute Gasteiger partial charge is 0.226 e. The van der Waals surface area contributed by atoms with Gasteiger partial charge in [0.05, 0.1) is 30.5 Å². The molecule has 0 aliphatic carbocycles. The standard InChI is InChI=1S/C17H24F2N2O3/c1-10(2)7-11(3)24-6-5-17(23)21-16-9-14(19)13(18)8-15(16)20-12(4)22/h8-11H,5-7H2,1-4H3,(H,20,22)(H,21,23)/t11-/m0/s1. The lowest BCUT2D eigenvalue weighted by Gasteiger charge is -2.15. The summed E-state index contributed by atoms with van der Waals surface area (Å²) in [6.45, 7) is 7.55. The zero-order chi connectivity index (χ0) is 18.3. The lowest BCUT2D eigenvalue weighted by Crippen LogP contribution is -2.19. The van der Waals surface area contributed by atoms with Gasteiger partial charge in [-0.1, -0.05) is 13.8 Å². The number of amides is 2. The first-order valence-electron chi connectivity index (χ1n) is 7.87. The van der Waals surface area contributed by atoms with Crippen molar-refractivity contribution >= 4 is 23.2 Å². The summed E-state index contributed by atoms with van der Waals surface area (Å²) >= 11 is 0. The third kappa shape index (κ3) is 7.04. The Morgan fingerprint density at radius 1 is 1.08 bits per heavy atom. The Labute approximate surface area is 140 Å². The first-order chi connectivity index (χ1) is 11.2. The van der Waals surface area contributed by atoms with Gasteiger partial charge in [0.2, 0.25) is 11.8 Å². The van der Waals surface area contributed by atoms with E-state index in [1.807, 2.05) is 6.92 Å². The minimum Gasteiger partial charge on any atom is -0.378 e. The molecule has 1 aromatic rings. The van der Waals surface area contributed by atoms with Crippen molar-refractivity contribution in [3.63, 3.8) is 0 Å². The number of halogens is 2. The van der Waals surface area contributed by atoms with E-state index in [0.717, 1.165) is 18.6 Å². The van der Waals surface area contributed by atoms with Crippen molar-refractivity contribution < 1.29 is 23.1 Å². The van der Waals surface area contributed by atoms with Gasteiger partial charge in [0.15, 0.2) is 11.6 Å². The minimum absolute atomic E-state index is 0.00356. The van der Waals surface area contributed by atoms with Crippen LogP contribution in [-0.4, -0.2) is 24.5 Å². The van der Waals surface area contributed by atoms with Crippen LogP contribution in [0.15, 0.2) is 12.1 Å². The molecule has 134 valence electrons. The summed E-state index contributed by atoms with van der Waals surface area (Å²) in [5, 5.41) is 4.81. The lowest BCUT2D eigenvalue weighted by atomic mass is 10.1. The van der Waals surface area contributed by atoms with Crippen molar-refractivity contribution in [1.29, 1.82) is 0 Å². The van der Waals surface area contributed by atoms with E-state index in [-0.39, 0.29) is 30.5 Å². The molecule has 0 bridgehead atoms. The molecular weight excluding hydrogens is 318 g/mol. The number of anilines is 2. The van der Waals surface area contributed by atoms with Crippen LogP contribution in [0.3, 0.4) is 0 Å². The van der Waals surface area contributed by atoms with E-state index in [1.54, 1.807) is 0 Å². The van der Waals surface area contributed by atoms with Gasteiger partial charge in [-0.05, 0) is 19.3 Å². The maximum Gasteiger partial charge on any atom is 0.226 e. The van der Waals surface area contributed by atoms with Gasteiger partial charge < -0.3 is 15.4 Å². The fraction of sp³-hybridized carbons (Fsp3) is 0.529. The van der Waals surface area contributed by atoms with Crippen molar-refractivity contribution in [2.75, 3.05) is 17.2 Å². The van der Waals surface area contributed by atoms with E-state index < -0.39 is 23.4 Å². The second-order valence-corrected chi connectivity index (χ2v) is 6.10. The van der Waals surface area contributed by atoms with E-state index in [1.165, 1.54) is 6.92 Å². The highest BCUT2D eigenvalue weighted by atomic mass is 19.2. The summed E-state index contributed by atoms with van der Waals surface area (Å²) in [4.78, 5) is 23.1. The van der Waals surface area contributed by atoms with Crippen LogP contribution in [0, 0.1) is 17.6 Å². The Kier molecular flexibility index (Phi) is 7.78. The van der Waals surface area contributed by atoms with E-state index in [2.05, 4.69) is 24.5 Å². The molecule has 1 aromatic carbocycles. The molecular formula is C17H24F2N2O3. The molecule has 5 nitrogen and oxygen atoms in total. The van der Waals surface area contributed by atoms with Crippen LogP contribution in [0.2, 0.25) is 0 Å². The van der Waals surface area contributed by atoms with Gasteiger partial charge in [-0.15, -0.1) is 0 Å². The Hall–Kier alpha value is -2.02. The van der Waals surface area contributed by atoms with Gasteiger partial charge >= 0.3 is 0 Å². The van der Waals surface area contributed by atoms with E-state index >= 15 is 0 Å². The van der Waals surface area contributed by atoms with Crippen molar-refractivity contribution in [2.45, 2.75) is 46.6 Å². The zero-order valence-corrected chi connectivity index (χ0v) is 14.4. The first-order valence-corrected chi connectivity index (χ1v) is 7.87. The normalized spacial score (nSPS) is 12.1. The number of hydrogen-bond donors (Lipinski definition) is 2. The molecule has 0 spiro atoms. The molecule has 24 heavy (non-hydrogen) atoms. The van der Waals surface area contributed by atoms with Gasteiger partial charge in [-0.25, -0.2) is 8.78 Å². The number of nitrogens with one attached hydrogen (secondary N) is 2. The Morgan fingerprint density at radius 3 is 2.12 bits per heavy atom. The number of benzene rings is 1. The summed E-state index contributed by atoms with van der Waals surface area (Å²) in [6.07, 6.45) is 0.995. The van der Waals surface area contributed by atoms with Crippen molar-refractivity contribution in [1.82, 2.24) is 0 Å². The van der Waals surface area contributed by atoms with Gasteiger partial charge in [-0.2, -0.15) is 0 Å². The molecule has 0 saturated heterocycles. The number of hydrogen-bond acceptors (Lipinski definition) is 3. The van der Waals surface area contributed by atoms with Gasteiger partial charge in [0, 0.05) is 19.1 Å². The highest BCUT2D eigenvalue weighted by molar-refractivity contribution is 5.98. The van der Waals surface area contributed by atoms with E-state index in [9.17, 15) is 18.4 Å². The monoisotopic (exact) mass is 342 g/mol. The third-order valence-corrected chi connectivity index (χ3v) is 3.18. The number of rotatable bonds is 8. The fourth-order valence-electron chi connectivity index (χ4n) is 2.24. The molecule has 0 aliphatic heterocycles. The van der Waals surface area contributed by atoms with Crippen LogP contribution >= 0.6 is 0 Å². The highest BCUT2D eigenvalue weighted by Crippen LogP contribution is 2.25. The van der Waals surface area contributed by atoms with E-state index in [0.29, 0.717) is 5.92 Å². The van der Waals surface area contributed by atoms with Crippen LogP contribution < -0.4 is 10.6 Å². The van der Waals surface area contributed by atoms with Crippen molar-refractivity contribution in [3.8, 4) is 0 Å². The largest absolute Gasteiger partial charge is 0.378 e. The number of carbonyl (C=O) groups is 2. The Balaban J connectivity index is 2.63. The van der Waals surface area contributed by atoms with Crippen LogP contribution in [0.25, 0.3) is 0 Å². The van der Waals surface area contributed by atoms with Crippen molar-refractivity contribution in [3.05, 3.63) is 23.8 Å². The van der Waals surface area contributed by atoms with Gasteiger partial charge in [-0.3, -0.25) is 9.59 Å². The summed E-state index contributed by atoms with van der Waals surface area (Å²) in [6, 6.07) is 1.66. The zero-order valence-electron chi connectivity index (χ0n) is 14.4. The van der Waals surface area contributed by atoms with Crippen LogP contribution in [0.1, 0.15) is 40.5 Å². The lowest BCUT2D eigenvalue weighted by molar-refractivity contribution is -0.118. The molecule has 1 rings (SSSR count). The quantitative estimate of drug-likeness (QED) is 0.757. The second kappa shape index (κ2) is 9.32. The van der Waals surface area contributed by atoms with Gasteiger partial charge in [0.25, 0.3) is 0 Å². The molecule has 7 heteroatoms. The van der Waals surface area contributed by atoms with Crippen molar-refractivity contribution in [2.24, 2.45) is 5.92 Å². The molecule has 0 saturated carbocycles. The molecule has 0 aromatic heterocycles. The SMILES string of the molecule is CC(=O)Nc1cc(F)c(F)cc1NC(=O)CCO[C@@H](C)CC(C)C. The van der Waals surface area contributed by atoms with Crippen LogP contribution in [0.4, 0.5) is 20.2 Å². The molecule has 2 N–H and O–H groups in total. The Morgan fingerprint density at radius 2 is 1.62 bits per heavy atom. The van der Waals surface area contributed by atoms with Crippen LogP contribution in [-0.2, 0) is 14.3 Å². The summed E-state index contributed by atoms with van der Waals surface area (Å²) in [5.41, 5.74) is 0.00757. The predicted molar refractivity (Wildman–Crippen MR) is 88.8 cm³/mol. The molecule has 2 amide bonds. The molecule has 1 atom stereocenters. The Bertz CT molecular complexity index is 591. The summed E-state index contributed by atoms with van der Waals surface area (Å²) < 4.78 is 32.2. The summed E-state index contributed by atoms with van der Waals surface area (Å²) in [5.74, 6) is -2.59. The predicted octanol–water partition coefficient (Wildman–Crippen LogP) is 3.70. The minimum atomic E-state index is -1.11. The van der Waals surface area contributed by atoms with Crippen LogP contribution in [0.5, 0.6) is 0 Å². The second-order valence-electron chi connectivity index (χ2n) is 6.10. The molecule has 0 unspecified atom stereocenters. The number of ether oxygens (including phenoxy) is 1.